The van der Waals surface area contributed by atoms with Gasteiger partial charge in [-0.15, -0.1) is 0 Å². The fourth-order valence-electron chi connectivity index (χ4n) is 2.60. The maximum atomic E-state index is 6.21. The molecule has 1 aliphatic rings. The molecule has 0 aromatic carbocycles. The van der Waals surface area contributed by atoms with Gasteiger partial charge in [0.15, 0.2) is 5.82 Å². The predicted octanol–water partition coefficient (Wildman–Crippen LogP) is 1.38. The van der Waals surface area contributed by atoms with E-state index in [1.807, 2.05) is 13.8 Å². The van der Waals surface area contributed by atoms with Gasteiger partial charge in [0.25, 0.3) is 0 Å². The molecule has 112 valence electrons. The fraction of sp³-hybridized carbons (Fsp3) is 0.714. The van der Waals surface area contributed by atoms with Crippen molar-refractivity contribution in [3.63, 3.8) is 0 Å². The molecule has 1 aromatic heterocycles. The Labute approximate surface area is 120 Å². The van der Waals surface area contributed by atoms with Crippen LogP contribution in [0.1, 0.15) is 27.2 Å². The second-order valence-corrected chi connectivity index (χ2v) is 5.74. The Morgan fingerprint density at radius 1 is 1.35 bits per heavy atom. The highest BCUT2D eigenvalue weighted by Gasteiger charge is 2.24. The third-order valence-electron chi connectivity index (χ3n) is 3.49. The van der Waals surface area contributed by atoms with Gasteiger partial charge in [-0.05, 0) is 40.8 Å². The van der Waals surface area contributed by atoms with Gasteiger partial charge in [0.05, 0.1) is 6.10 Å². The molecule has 1 fully saturated rings. The molecule has 0 radical (unpaired) electrons. The summed E-state index contributed by atoms with van der Waals surface area (Å²) in [5.74, 6) is 1.27. The molecular weight excluding hydrogens is 254 g/mol. The number of nitrogen functional groups attached to an aromatic ring is 1. The number of hydrogen-bond donors (Lipinski definition) is 1. The van der Waals surface area contributed by atoms with E-state index in [1.54, 1.807) is 0 Å². The Bertz CT molecular complexity index is 451. The van der Waals surface area contributed by atoms with Crippen molar-refractivity contribution in [2.45, 2.75) is 39.3 Å². The maximum Gasteiger partial charge on any atom is 0.242 e. The van der Waals surface area contributed by atoms with Crippen LogP contribution in [0.3, 0.4) is 0 Å². The molecule has 1 atom stereocenters. The highest BCUT2D eigenvalue weighted by molar-refractivity contribution is 5.68. The van der Waals surface area contributed by atoms with Crippen molar-refractivity contribution in [2.75, 3.05) is 37.3 Å². The van der Waals surface area contributed by atoms with Gasteiger partial charge < -0.3 is 20.3 Å². The van der Waals surface area contributed by atoms with Crippen LogP contribution in [-0.4, -0.2) is 53.7 Å². The minimum Gasteiger partial charge on any atom is -0.473 e. The molecule has 6 nitrogen and oxygen atoms in total. The molecule has 6 heteroatoms. The quantitative estimate of drug-likeness (QED) is 0.901. The Morgan fingerprint density at radius 2 is 2.10 bits per heavy atom. The zero-order valence-electron chi connectivity index (χ0n) is 12.8. The Balaban J connectivity index is 2.27. The van der Waals surface area contributed by atoms with Gasteiger partial charge >= 0.3 is 0 Å². The van der Waals surface area contributed by atoms with Crippen LogP contribution in [0.4, 0.5) is 11.5 Å². The van der Waals surface area contributed by atoms with Crippen molar-refractivity contribution in [1.82, 2.24) is 14.9 Å². The van der Waals surface area contributed by atoms with E-state index in [1.165, 1.54) is 6.33 Å². The molecule has 2 rings (SSSR count). The number of anilines is 2. The number of ether oxygens (including phenoxy) is 1. The predicted molar refractivity (Wildman–Crippen MR) is 81.1 cm³/mol. The lowest BCUT2D eigenvalue weighted by Gasteiger charge is -2.30. The first kappa shape index (κ1) is 14.8. The maximum absolute atomic E-state index is 6.21. The van der Waals surface area contributed by atoms with Crippen molar-refractivity contribution < 1.29 is 4.74 Å². The van der Waals surface area contributed by atoms with E-state index in [9.17, 15) is 0 Å². The number of nitrogens with zero attached hydrogens (tertiary/aromatic N) is 4. The topological polar surface area (TPSA) is 67.5 Å². The van der Waals surface area contributed by atoms with Gasteiger partial charge in [0.1, 0.15) is 12.0 Å². The Hall–Kier alpha value is -1.56. The lowest BCUT2D eigenvalue weighted by atomic mass is 10.2. The Morgan fingerprint density at radius 3 is 2.80 bits per heavy atom. The highest BCUT2D eigenvalue weighted by Crippen LogP contribution is 2.30. The third kappa shape index (κ3) is 3.30. The summed E-state index contributed by atoms with van der Waals surface area (Å²) < 4.78 is 5.65. The molecule has 1 aromatic rings. The lowest BCUT2D eigenvalue weighted by Crippen LogP contribution is -2.39. The third-order valence-corrected chi connectivity index (χ3v) is 3.49. The Kier molecular flexibility index (Phi) is 4.65. The van der Waals surface area contributed by atoms with Crippen molar-refractivity contribution >= 4 is 11.5 Å². The van der Waals surface area contributed by atoms with Crippen LogP contribution in [0, 0.1) is 0 Å². The molecule has 20 heavy (non-hydrogen) atoms. The number of hydrogen-bond acceptors (Lipinski definition) is 6. The molecule has 2 heterocycles. The average molecular weight is 279 g/mol. The van der Waals surface area contributed by atoms with E-state index in [4.69, 9.17) is 10.5 Å². The molecule has 0 spiro atoms. The SMILES string of the molecule is CC(C)Oc1ncnc(N2CCCN(C)CC2C)c1N. The fourth-order valence-corrected chi connectivity index (χ4v) is 2.60. The van der Waals surface area contributed by atoms with E-state index in [0.717, 1.165) is 31.9 Å². The second kappa shape index (κ2) is 6.26. The summed E-state index contributed by atoms with van der Waals surface area (Å²) in [6.07, 6.45) is 2.68. The monoisotopic (exact) mass is 279 g/mol. The van der Waals surface area contributed by atoms with Crippen LogP contribution in [0.25, 0.3) is 0 Å². The zero-order valence-corrected chi connectivity index (χ0v) is 12.8. The average Bonchev–Trinajstić information content (AvgIpc) is 2.52. The zero-order chi connectivity index (χ0) is 14.7. The molecular formula is C14H25N5O. The van der Waals surface area contributed by atoms with Gasteiger partial charge in [-0.25, -0.2) is 4.98 Å². The van der Waals surface area contributed by atoms with Crippen LogP contribution in [0.15, 0.2) is 6.33 Å². The van der Waals surface area contributed by atoms with Gasteiger partial charge in [0, 0.05) is 19.1 Å². The minimum absolute atomic E-state index is 0.0488. The number of nitrogens with two attached hydrogens (primary N) is 1. The molecule has 0 bridgehead atoms. The summed E-state index contributed by atoms with van der Waals surface area (Å²) in [5.41, 5.74) is 6.74. The normalized spacial score (nSPS) is 21.1. The van der Waals surface area contributed by atoms with Crippen molar-refractivity contribution in [3.05, 3.63) is 6.33 Å². The van der Waals surface area contributed by atoms with Crippen molar-refractivity contribution in [1.29, 1.82) is 0 Å². The number of rotatable bonds is 3. The van der Waals surface area contributed by atoms with Crippen LogP contribution >= 0.6 is 0 Å². The minimum atomic E-state index is 0.0488. The first-order valence-corrected chi connectivity index (χ1v) is 7.21. The van der Waals surface area contributed by atoms with Crippen LogP contribution in [0.2, 0.25) is 0 Å². The largest absolute Gasteiger partial charge is 0.473 e. The smallest absolute Gasteiger partial charge is 0.242 e. The second-order valence-electron chi connectivity index (χ2n) is 5.74. The lowest BCUT2D eigenvalue weighted by molar-refractivity contribution is 0.234. The summed E-state index contributed by atoms with van der Waals surface area (Å²) in [6, 6.07) is 0.367. The molecule has 1 unspecified atom stereocenters. The van der Waals surface area contributed by atoms with Crippen molar-refractivity contribution in [2.24, 2.45) is 0 Å². The van der Waals surface area contributed by atoms with Gasteiger partial charge in [-0.1, -0.05) is 0 Å². The van der Waals surface area contributed by atoms with Crippen LogP contribution in [-0.2, 0) is 0 Å². The molecule has 1 aliphatic heterocycles. The molecule has 0 aliphatic carbocycles. The molecule has 0 amide bonds. The van der Waals surface area contributed by atoms with Gasteiger partial charge in [-0.2, -0.15) is 4.98 Å². The molecule has 2 N–H and O–H groups in total. The van der Waals surface area contributed by atoms with E-state index in [-0.39, 0.29) is 6.10 Å². The summed E-state index contributed by atoms with van der Waals surface area (Å²) >= 11 is 0. The van der Waals surface area contributed by atoms with Crippen LogP contribution in [0.5, 0.6) is 5.88 Å². The highest BCUT2D eigenvalue weighted by atomic mass is 16.5. The first-order valence-electron chi connectivity index (χ1n) is 7.21. The van der Waals surface area contributed by atoms with E-state index < -0.39 is 0 Å². The van der Waals surface area contributed by atoms with Gasteiger partial charge in [-0.3, -0.25) is 0 Å². The summed E-state index contributed by atoms with van der Waals surface area (Å²) in [4.78, 5) is 13.1. The first-order chi connectivity index (χ1) is 9.49. The molecule has 0 saturated carbocycles. The standard InChI is InChI=1S/C14H25N5O/c1-10(2)20-14-12(15)13(16-9-17-14)19-7-5-6-18(4)8-11(19)3/h9-11H,5-8,15H2,1-4H3. The van der Waals surface area contributed by atoms with Gasteiger partial charge in [0.2, 0.25) is 5.88 Å². The molecule has 1 saturated heterocycles. The van der Waals surface area contributed by atoms with E-state index in [2.05, 4.69) is 33.7 Å². The summed E-state index contributed by atoms with van der Waals surface area (Å²) in [5, 5.41) is 0. The van der Waals surface area contributed by atoms with Crippen molar-refractivity contribution in [3.8, 4) is 5.88 Å². The number of aromatic nitrogens is 2. The van der Waals surface area contributed by atoms with E-state index in [0.29, 0.717) is 17.6 Å². The van der Waals surface area contributed by atoms with E-state index >= 15 is 0 Å². The summed E-state index contributed by atoms with van der Waals surface area (Å²) in [7, 11) is 2.15. The number of likely N-dealkylation sites (N-methyl/N-ethyl adjacent to an activating group) is 1. The van der Waals surface area contributed by atoms with Crippen LogP contribution < -0.4 is 15.4 Å². The summed E-state index contributed by atoms with van der Waals surface area (Å²) in [6.45, 7) is 9.18.